The zero-order valence-electron chi connectivity index (χ0n) is 13.6. The molecule has 130 valence electrons. The average molecular weight is 340 g/mol. The first-order chi connectivity index (χ1) is 11.3. The maximum absolute atomic E-state index is 12.7. The minimum atomic E-state index is -4.49. The van der Waals surface area contributed by atoms with Gasteiger partial charge in [0.2, 0.25) is 5.95 Å². The lowest BCUT2D eigenvalue weighted by molar-refractivity contribution is -0.141. The number of anilines is 1. The van der Waals surface area contributed by atoms with Gasteiger partial charge in [0.25, 0.3) is 0 Å². The third-order valence-corrected chi connectivity index (χ3v) is 3.50. The highest BCUT2D eigenvalue weighted by Gasteiger charge is 2.32. The molecule has 1 atom stereocenters. The van der Waals surface area contributed by atoms with E-state index in [1.807, 2.05) is 43.3 Å². The van der Waals surface area contributed by atoms with Crippen molar-refractivity contribution in [3.63, 3.8) is 0 Å². The fourth-order valence-electron chi connectivity index (χ4n) is 2.24. The Hall–Kier alpha value is -2.35. The second-order valence-electron chi connectivity index (χ2n) is 5.40. The summed E-state index contributed by atoms with van der Waals surface area (Å²) in [7, 11) is 5.36. The van der Waals surface area contributed by atoms with Crippen LogP contribution in [0.3, 0.4) is 0 Å². The number of ether oxygens (including phenoxy) is 1. The van der Waals surface area contributed by atoms with Crippen molar-refractivity contribution in [3.8, 4) is 5.75 Å². The Morgan fingerprint density at radius 1 is 1.25 bits per heavy atom. The molecule has 0 radical (unpaired) electrons. The molecular weight excluding hydrogens is 321 g/mol. The minimum Gasteiger partial charge on any atom is -0.497 e. The number of likely N-dealkylation sites (N-methyl/N-ethyl adjacent to an activating group) is 1. The van der Waals surface area contributed by atoms with Gasteiger partial charge in [-0.1, -0.05) is 12.1 Å². The number of nitrogens with one attached hydrogen (secondary N) is 1. The number of hydrogen-bond donors (Lipinski definition) is 1. The molecule has 1 unspecified atom stereocenters. The van der Waals surface area contributed by atoms with Gasteiger partial charge >= 0.3 is 6.18 Å². The van der Waals surface area contributed by atoms with Gasteiger partial charge in [0.1, 0.15) is 11.4 Å². The van der Waals surface area contributed by atoms with Crippen LogP contribution in [0.15, 0.2) is 36.5 Å². The van der Waals surface area contributed by atoms with Crippen LogP contribution in [0, 0.1) is 0 Å². The highest BCUT2D eigenvalue weighted by Crippen LogP contribution is 2.28. The summed E-state index contributed by atoms with van der Waals surface area (Å²) < 4.78 is 43.3. The largest absolute Gasteiger partial charge is 0.497 e. The normalized spacial score (nSPS) is 13.0. The molecule has 0 aliphatic heterocycles. The fraction of sp³-hybridized carbons (Fsp3) is 0.375. The molecule has 0 saturated carbocycles. The van der Waals surface area contributed by atoms with Crippen LogP contribution < -0.4 is 10.1 Å². The number of alkyl halides is 3. The van der Waals surface area contributed by atoms with Crippen LogP contribution >= 0.6 is 0 Å². The summed E-state index contributed by atoms with van der Waals surface area (Å²) >= 11 is 0. The fourth-order valence-corrected chi connectivity index (χ4v) is 2.24. The Morgan fingerprint density at radius 2 is 2.00 bits per heavy atom. The number of aromatic nitrogens is 2. The van der Waals surface area contributed by atoms with Gasteiger partial charge in [0, 0.05) is 12.7 Å². The zero-order valence-corrected chi connectivity index (χ0v) is 13.6. The SMILES string of the molecule is COc1cccc(C(CNc2nccc(C(F)(F)F)n2)N(C)C)c1. The number of hydrogen-bond acceptors (Lipinski definition) is 5. The van der Waals surface area contributed by atoms with Crippen molar-refractivity contribution in [2.24, 2.45) is 0 Å². The summed E-state index contributed by atoms with van der Waals surface area (Å²) in [6.45, 7) is 0.349. The molecule has 2 aromatic rings. The van der Waals surface area contributed by atoms with E-state index in [0.29, 0.717) is 6.54 Å². The van der Waals surface area contributed by atoms with Crippen LogP contribution in [0.2, 0.25) is 0 Å². The van der Waals surface area contributed by atoms with Gasteiger partial charge in [-0.3, -0.25) is 0 Å². The van der Waals surface area contributed by atoms with E-state index >= 15 is 0 Å². The molecule has 1 heterocycles. The van der Waals surface area contributed by atoms with Crippen LogP contribution in [0.25, 0.3) is 0 Å². The molecule has 2 rings (SSSR count). The monoisotopic (exact) mass is 340 g/mol. The van der Waals surface area contributed by atoms with Crippen molar-refractivity contribution in [2.45, 2.75) is 12.2 Å². The molecule has 24 heavy (non-hydrogen) atoms. The standard InChI is InChI=1S/C16H19F3N4O/c1-23(2)13(11-5-4-6-12(9-11)24-3)10-21-15-20-8-7-14(22-15)16(17,18)19/h4-9,13H,10H2,1-3H3,(H,20,21,22). The van der Waals surface area contributed by atoms with Crippen LogP contribution in [0.4, 0.5) is 19.1 Å². The third kappa shape index (κ3) is 4.58. The van der Waals surface area contributed by atoms with E-state index in [1.165, 1.54) is 0 Å². The summed E-state index contributed by atoms with van der Waals surface area (Å²) in [5, 5.41) is 2.87. The van der Waals surface area contributed by atoms with E-state index < -0.39 is 11.9 Å². The first-order valence-corrected chi connectivity index (χ1v) is 7.25. The summed E-state index contributed by atoms with van der Waals surface area (Å²) in [5.41, 5.74) is 0.00149. The van der Waals surface area contributed by atoms with E-state index in [0.717, 1.165) is 23.6 Å². The van der Waals surface area contributed by atoms with Crippen LogP contribution in [-0.4, -0.2) is 42.6 Å². The minimum absolute atomic E-state index is 0.0560. The maximum atomic E-state index is 12.7. The molecule has 8 heteroatoms. The number of benzene rings is 1. The first-order valence-electron chi connectivity index (χ1n) is 7.25. The van der Waals surface area contributed by atoms with Gasteiger partial charge in [-0.15, -0.1) is 0 Å². The first kappa shape index (κ1) is 18.0. The average Bonchev–Trinajstić information content (AvgIpc) is 2.54. The van der Waals surface area contributed by atoms with Crippen LogP contribution in [-0.2, 0) is 6.18 Å². The topological polar surface area (TPSA) is 50.3 Å². The van der Waals surface area contributed by atoms with E-state index in [1.54, 1.807) is 7.11 Å². The number of methoxy groups -OCH3 is 1. The molecule has 5 nitrogen and oxygen atoms in total. The molecule has 0 aliphatic rings. The predicted octanol–water partition coefficient (Wildman–Crippen LogP) is 3.22. The Morgan fingerprint density at radius 3 is 2.62 bits per heavy atom. The number of halogens is 3. The lowest BCUT2D eigenvalue weighted by Crippen LogP contribution is -2.27. The second kappa shape index (κ2) is 7.48. The molecular formula is C16H19F3N4O. The number of rotatable bonds is 6. The summed E-state index contributed by atoms with van der Waals surface area (Å²) in [4.78, 5) is 9.31. The highest BCUT2D eigenvalue weighted by molar-refractivity contribution is 5.33. The van der Waals surface area contributed by atoms with Crippen molar-refractivity contribution < 1.29 is 17.9 Å². The van der Waals surface area contributed by atoms with Crippen LogP contribution in [0.5, 0.6) is 5.75 Å². The van der Waals surface area contributed by atoms with Crippen molar-refractivity contribution in [1.82, 2.24) is 14.9 Å². The lowest BCUT2D eigenvalue weighted by Gasteiger charge is -2.25. The van der Waals surface area contributed by atoms with Gasteiger partial charge in [0.05, 0.1) is 13.2 Å². The molecule has 1 N–H and O–H groups in total. The van der Waals surface area contributed by atoms with Crippen LogP contribution in [0.1, 0.15) is 17.3 Å². The lowest BCUT2D eigenvalue weighted by atomic mass is 10.1. The van der Waals surface area contributed by atoms with E-state index in [4.69, 9.17) is 4.74 Å². The quantitative estimate of drug-likeness (QED) is 0.875. The Labute approximate surface area is 138 Å². The second-order valence-corrected chi connectivity index (χ2v) is 5.40. The summed E-state index contributed by atoms with van der Waals surface area (Å²) in [6, 6.07) is 8.28. The molecule has 0 aliphatic carbocycles. The molecule has 1 aromatic heterocycles. The van der Waals surface area contributed by atoms with Gasteiger partial charge in [-0.2, -0.15) is 13.2 Å². The van der Waals surface area contributed by atoms with Crippen molar-refractivity contribution >= 4 is 5.95 Å². The summed E-state index contributed by atoms with van der Waals surface area (Å²) in [6.07, 6.45) is -3.40. The molecule has 0 amide bonds. The van der Waals surface area contributed by atoms with Gasteiger partial charge in [-0.05, 0) is 37.9 Å². The van der Waals surface area contributed by atoms with Gasteiger partial charge in [0.15, 0.2) is 0 Å². The van der Waals surface area contributed by atoms with Gasteiger partial charge < -0.3 is 15.0 Å². The van der Waals surface area contributed by atoms with E-state index in [-0.39, 0.29) is 12.0 Å². The zero-order chi connectivity index (χ0) is 17.7. The molecule has 0 spiro atoms. The van der Waals surface area contributed by atoms with Gasteiger partial charge in [-0.25, -0.2) is 9.97 Å². The molecule has 1 aromatic carbocycles. The Balaban J connectivity index is 2.15. The Bertz CT molecular complexity index is 676. The number of nitrogens with zero attached hydrogens (tertiary/aromatic N) is 3. The molecule has 0 fully saturated rings. The van der Waals surface area contributed by atoms with E-state index in [2.05, 4.69) is 15.3 Å². The molecule has 0 bridgehead atoms. The maximum Gasteiger partial charge on any atom is 0.433 e. The Kier molecular flexibility index (Phi) is 5.61. The molecule has 0 saturated heterocycles. The predicted molar refractivity (Wildman–Crippen MR) is 84.9 cm³/mol. The van der Waals surface area contributed by atoms with Crippen molar-refractivity contribution in [3.05, 3.63) is 47.8 Å². The van der Waals surface area contributed by atoms with E-state index in [9.17, 15) is 13.2 Å². The van der Waals surface area contributed by atoms with Crippen molar-refractivity contribution in [1.29, 1.82) is 0 Å². The van der Waals surface area contributed by atoms with Crippen molar-refractivity contribution in [2.75, 3.05) is 33.1 Å². The smallest absolute Gasteiger partial charge is 0.433 e. The summed E-state index contributed by atoms with van der Waals surface area (Å²) in [5.74, 6) is 0.661. The highest BCUT2D eigenvalue weighted by atomic mass is 19.4. The third-order valence-electron chi connectivity index (χ3n) is 3.50.